The molecule has 8 nitrogen and oxygen atoms in total. The Morgan fingerprint density at radius 2 is 1.85 bits per heavy atom. The van der Waals surface area contributed by atoms with Crippen molar-refractivity contribution >= 4 is 34.9 Å². The maximum atomic E-state index is 14.8. The summed E-state index contributed by atoms with van der Waals surface area (Å²) in [6.45, 7) is 1.91. The number of amides is 3. The Kier molecular flexibility index (Phi) is 10.4. The van der Waals surface area contributed by atoms with Crippen LogP contribution in [0.3, 0.4) is 0 Å². The lowest BCUT2D eigenvalue weighted by Gasteiger charge is -2.37. The van der Waals surface area contributed by atoms with E-state index in [1.165, 1.54) is 17.0 Å². The summed E-state index contributed by atoms with van der Waals surface area (Å²) in [5.41, 5.74) is 1.23. The fourth-order valence-corrected chi connectivity index (χ4v) is 4.21. The average molecular weight is 569 g/mol. The van der Waals surface area contributed by atoms with Crippen molar-refractivity contribution < 1.29 is 27.2 Å². The lowest BCUT2D eigenvalue weighted by atomic mass is 10.1. The number of halogens is 5. The van der Waals surface area contributed by atoms with E-state index < -0.39 is 30.4 Å². The Morgan fingerprint density at radius 3 is 2.49 bits per heavy atom. The first kappa shape index (κ1) is 30.0. The molecular formula is C26H29ClF4N6O2. The molecule has 2 N–H and O–H groups in total. The normalized spacial score (nSPS) is 14.0. The van der Waals surface area contributed by atoms with Crippen molar-refractivity contribution in [1.29, 1.82) is 5.26 Å². The highest BCUT2D eigenvalue weighted by Gasteiger charge is 2.29. The van der Waals surface area contributed by atoms with E-state index in [9.17, 15) is 27.2 Å². The number of rotatable bonds is 9. The largest absolute Gasteiger partial charge is 0.390 e. The number of benzene rings is 2. The van der Waals surface area contributed by atoms with Crippen LogP contribution in [0.15, 0.2) is 36.4 Å². The molecule has 0 aromatic heterocycles. The summed E-state index contributed by atoms with van der Waals surface area (Å²) < 4.78 is 52.5. The van der Waals surface area contributed by atoms with Crippen LogP contribution in [0.2, 0.25) is 5.02 Å². The van der Waals surface area contributed by atoms with Crippen molar-refractivity contribution in [2.45, 2.75) is 25.6 Å². The van der Waals surface area contributed by atoms with E-state index in [0.29, 0.717) is 48.1 Å². The van der Waals surface area contributed by atoms with Gasteiger partial charge in [-0.15, -0.1) is 0 Å². The van der Waals surface area contributed by atoms with E-state index in [2.05, 4.69) is 10.6 Å². The molecule has 0 aliphatic carbocycles. The zero-order chi connectivity index (χ0) is 28.6. The minimum atomic E-state index is -4.21. The first-order valence-corrected chi connectivity index (χ1v) is 12.6. The Morgan fingerprint density at radius 1 is 1.13 bits per heavy atom. The van der Waals surface area contributed by atoms with Gasteiger partial charge in [0, 0.05) is 57.9 Å². The molecule has 0 radical (unpaired) electrons. The number of piperazine rings is 1. The number of nitrogens with one attached hydrogen (secondary N) is 2. The van der Waals surface area contributed by atoms with Crippen LogP contribution in [-0.2, 0) is 6.54 Å². The number of urea groups is 1. The van der Waals surface area contributed by atoms with E-state index in [1.807, 2.05) is 11.0 Å². The van der Waals surface area contributed by atoms with Crippen LogP contribution in [0.5, 0.6) is 0 Å². The van der Waals surface area contributed by atoms with Gasteiger partial charge in [-0.1, -0.05) is 17.7 Å². The molecule has 1 aliphatic heterocycles. The van der Waals surface area contributed by atoms with Crippen LogP contribution in [0, 0.1) is 17.1 Å². The average Bonchev–Trinajstić information content (AvgIpc) is 2.90. The van der Waals surface area contributed by atoms with Crippen molar-refractivity contribution in [1.82, 2.24) is 15.1 Å². The predicted octanol–water partition coefficient (Wildman–Crippen LogP) is 4.86. The molecule has 13 heteroatoms. The van der Waals surface area contributed by atoms with Crippen LogP contribution >= 0.6 is 11.6 Å². The summed E-state index contributed by atoms with van der Waals surface area (Å²) in [5.74, 6) is -1.46. The Labute approximate surface area is 229 Å². The number of nitrogens with zero attached hydrogens (tertiary/aromatic N) is 4. The third-order valence-corrected chi connectivity index (χ3v) is 6.50. The second kappa shape index (κ2) is 13.5. The van der Waals surface area contributed by atoms with Gasteiger partial charge in [-0.25, -0.2) is 9.18 Å². The molecule has 39 heavy (non-hydrogen) atoms. The lowest BCUT2D eigenvalue weighted by Crippen LogP contribution is -2.47. The molecule has 2 aromatic carbocycles. The predicted molar refractivity (Wildman–Crippen MR) is 140 cm³/mol. The fraction of sp³-hybridized carbons (Fsp3) is 0.423. The first-order valence-electron chi connectivity index (χ1n) is 12.3. The van der Waals surface area contributed by atoms with E-state index in [4.69, 9.17) is 16.9 Å². The van der Waals surface area contributed by atoms with Crippen molar-refractivity contribution in [3.05, 3.63) is 58.4 Å². The van der Waals surface area contributed by atoms with Crippen LogP contribution in [0.4, 0.5) is 33.7 Å². The van der Waals surface area contributed by atoms with E-state index >= 15 is 0 Å². The molecule has 0 unspecified atom stereocenters. The summed E-state index contributed by atoms with van der Waals surface area (Å²) in [6, 6.07) is 10.4. The number of carbonyl (C=O) groups excluding carboxylic acids is 2. The maximum absolute atomic E-state index is 14.8. The summed E-state index contributed by atoms with van der Waals surface area (Å²) in [7, 11) is 1.54. The van der Waals surface area contributed by atoms with Crippen LogP contribution < -0.4 is 15.5 Å². The number of alkyl halides is 3. The molecular weight excluding hydrogens is 540 g/mol. The summed E-state index contributed by atoms with van der Waals surface area (Å²) >= 11 is 6.18. The van der Waals surface area contributed by atoms with Gasteiger partial charge >= 0.3 is 12.2 Å². The van der Waals surface area contributed by atoms with Gasteiger partial charge < -0.3 is 20.4 Å². The molecule has 2 aromatic rings. The topological polar surface area (TPSA) is 91.7 Å². The smallest absolute Gasteiger partial charge is 0.367 e. The quantitative estimate of drug-likeness (QED) is 0.422. The first-order chi connectivity index (χ1) is 18.5. The van der Waals surface area contributed by atoms with Crippen molar-refractivity contribution in [3.63, 3.8) is 0 Å². The third-order valence-electron chi connectivity index (χ3n) is 6.26. The number of hydrogen-bond acceptors (Lipinski definition) is 5. The van der Waals surface area contributed by atoms with Crippen LogP contribution in [0.25, 0.3) is 0 Å². The highest BCUT2D eigenvalue weighted by Crippen LogP contribution is 2.31. The molecule has 0 atom stereocenters. The van der Waals surface area contributed by atoms with Gasteiger partial charge in [0.05, 0.1) is 35.8 Å². The molecule has 0 spiro atoms. The van der Waals surface area contributed by atoms with Gasteiger partial charge in [-0.05, 0) is 35.9 Å². The monoisotopic (exact) mass is 568 g/mol. The zero-order valence-electron chi connectivity index (χ0n) is 21.3. The molecule has 3 amide bonds. The summed E-state index contributed by atoms with van der Waals surface area (Å²) in [4.78, 5) is 30.0. The number of carbonyl (C=O) groups is 2. The van der Waals surface area contributed by atoms with Gasteiger partial charge in [0.2, 0.25) is 0 Å². The minimum absolute atomic E-state index is 0.0326. The fourth-order valence-electron chi connectivity index (χ4n) is 4.04. The molecule has 0 saturated carbocycles. The van der Waals surface area contributed by atoms with Crippen molar-refractivity contribution in [2.24, 2.45) is 0 Å². The van der Waals surface area contributed by atoms with Crippen LogP contribution in [0.1, 0.15) is 28.8 Å². The highest BCUT2D eigenvalue weighted by atomic mass is 35.5. The second-order valence-electron chi connectivity index (χ2n) is 9.11. The molecule has 1 fully saturated rings. The van der Waals surface area contributed by atoms with E-state index in [-0.39, 0.29) is 31.6 Å². The SMILES string of the molecule is CN(CCC#N)C(=O)NCc1ccc(C(=O)Nc2ccc(Cl)cc2N2CCN(CCC(F)(F)F)CC2)c(F)c1. The van der Waals surface area contributed by atoms with Gasteiger partial charge in [-0.2, -0.15) is 18.4 Å². The number of nitriles is 1. The summed E-state index contributed by atoms with van der Waals surface area (Å²) in [6.07, 6.45) is -4.89. The molecule has 1 heterocycles. The maximum Gasteiger partial charge on any atom is 0.390 e. The molecule has 0 bridgehead atoms. The standard InChI is InChI=1S/C26H29ClF4N6O2/c1-35(9-2-8-32)25(39)33-17-18-3-5-20(21(28)15-18)24(38)34-22-6-4-19(27)16-23(22)37-13-11-36(12-14-37)10-7-26(29,30)31/h3-6,15-16H,2,7,9-14,17H2,1H3,(H,33,39)(H,34,38). The van der Waals surface area contributed by atoms with E-state index in [0.717, 1.165) is 6.07 Å². The van der Waals surface area contributed by atoms with Gasteiger partial charge in [0.1, 0.15) is 5.82 Å². The van der Waals surface area contributed by atoms with Gasteiger partial charge in [0.25, 0.3) is 5.91 Å². The minimum Gasteiger partial charge on any atom is -0.367 e. The number of anilines is 2. The van der Waals surface area contributed by atoms with Crippen LogP contribution in [-0.4, -0.2) is 74.2 Å². The van der Waals surface area contributed by atoms with Gasteiger partial charge in [-0.3, -0.25) is 9.69 Å². The Balaban J connectivity index is 1.63. The molecule has 1 saturated heterocycles. The third kappa shape index (κ3) is 9.01. The second-order valence-corrected chi connectivity index (χ2v) is 9.55. The number of hydrogen-bond donors (Lipinski definition) is 2. The van der Waals surface area contributed by atoms with Crippen molar-refractivity contribution in [2.75, 3.05) is 56.5 Å². The molecule has 1 aliphatic rings. The van der Waals surface area contributed by atoms with Gasteiger partial charge in [0.15, 0.2) is 0 Å². The zero-order valence-corrected chi connectivity index (χ0v) is 22.1. The summed E-state index contributed by atoms with van der Waals surface area (Å²) in [5, 5.41) is 14.4. The lowest BCUT2D eigenvalue weighted by molar-refractivity contribution is -0.138. The van der Waals surface area contributed by atoms with E-state index in [1.54, 1.807) is 30.1 Å². The van der Waals surface area contributed by atoms with Crippen molar-refractivity contribution in [3.8, 4) is 6.07 Å². The Hall–Kier alpha value is -3.56. The Bertz CT molecular complexity index is 1210. The molecule has 3 rings (SSSR count). The highest BCUT2D eigenvalue weighted by molar-refractivity contribution is 6.31. The molecule has 210 valence electrons.